The van der Waals surface area contributed by atoms with Crippen molar-refractivity contribution in [2.75, 3.05) is 7.11 Å². The number of methoxy groups -OCH3 is 1. The molecule has 4 rings (SSSR count). The van der Waals surface area contributed by atoms with Gasteiger partial charge < -0.3 is 14.2 Å². The van der Waals surface area contributed by atoms with Crippen molar-refractivity contribution in [1.82, 2.24) is 0 Å². The Balaban J connectivity index is 1.75. The predicted molar refractivity (Wildman–Crippen MR) is 116 cm³/mol. The average molecular weight is 398 g/mol. The summed E-state index contributed by atoms with van der Waals surface area (Å²) in [6.07, 6.45) is 3.43. The Labute approximate surface area is 176 Å². The highest BCUT2D eigenvalue weighted by Gasteiger charge is 2.29. The van der Waals surface area contributed by atoms with Gasteiger partial charge in [0.1, 0.15) is 24.4 Å². The molecule has 0 amide bonds. The zero-order valence-electron chi connectivity index (χ0n) is 16.7. The SMILES string of the molecule is COC(=O)C1=COc2ccccc2C1/C=C(\OCc1ccccc1)c1ccccc1. The van der Waals surface area contributed by atoms with E-state index in [9.17, 15) is 4.79 Å². The predicted octanol–water partition coefficient (Wildman–Crippen LogP) is 5.48. The number of esters is 1. The van der Waals surface area contributed by atoms with Crippen LogP contribution >= 0.6 is 0 Å². The lowest BCUT2D eigenvalue weighted by atomic mass is 9.88. The molecule has 0 aromatic heterocycles. The first-order valence-electron chi connectivity index (χ1n) is 9.74. The molecule has 0 N–H and O–H groups in total. The van der Waals surface area contributed by atoms with E-state index in [1.165, 1.54) is 13.4 Å². The Kier molecular flexibility index (Phi) is 5.95. The van der Waals surface area contributed by atoms with E-state index >= 15 is 0 Å². The third-order valence-electron chi connectivity index (χ3n) is 4.94. The summed E-state index contributed by atoms with van der Waals surface area (Å²) in [5.74, 6) is 0.618. The van der Waals surface area contributed by atoms with Gasteiger partial charge in [-0.25, -0.2) is 4.79 Å². The molecule has 1 heterocycles. The second-order valence-corrected chi connectivity index (χ2v) is 6.87. The van der Waals surface area contributed by atoms with E-state index in [1.807, 2.05) is 91.0 Å². The lowest BCUT2D eigenvalue weighted by Crippen LogP contribution is -2.17. The fourth-order valence-corrected chi connectivity index (χ4v) is 3.40. The van der Waals surface area contributed by atoms with Crippen LogP contribution in [0.25, 0.3) is 5.76 Å². The van der Waals surface area contributed by atoms with Crippen molar-refractivity contribution in [3.8, 4) is 5.75 Å². The number of hydrogen-bond donors (Lipinski definition) is 0. The Morgan fingerprint density at radius 1 is 0.933 bits per heavy atom. The fraction of sp³-hybridized carbons (Fsp3) is 0.115. The maximum atomic E-state index is 12.4. The lowest BCUT2D eigenvalue weighted by molar-refractivity contribution is -0.136. The third-order valence-corrected chi connectivity index (χ3v) is 4.94. The molecule has 0 aliphatic carbocycles. The van der Waals surface area contributed by atoms with Crippen molar-refractivity contribution >= 4 is 11.7 Å². The first-order chi connectivity index (χ1) is 14.8. The topological polar surface area (TPSA) is 44.8 Å². The molecule has 1 aliphatic heterocycles. The molecule has 30 heavy (non-hydrogen) atoms. The van der Waals surface area contributed by atoms with Crippen LogP contribution in [0.4, 0.5) is 0 Å². The van der Waals surface area contributed by atoms with Crippen molar-refractivity contribution in [3.05, 3.63) is 120 Å². The molecular weight excluding hydrogens is 376 g/mol. The zero-order chi connectivity index (χ0) is 20.8. The third kappa shape index (κ3) is 4.28. The van der Waals surface area contributed by atoms with Crippen LogP contribution in [0.5, 0.6) is 5.75 Å². The molecule has 0 radical (unpaired) electrons. The fourth-order valence-electron chi connectivity index (χ4n) is 3.40. The normalized spacial score (nSPS) is 15.4. The minimum absolute atomic E-state index is 0.353. The summed E-state index contributed by atoms with van der Waals surface area (Å²) in [5, 5.41) is 0. The first kappa shape index (κ1) is 19.5. The number of rotatable bonds is 6. The van der Waals surface area contributed by atoms with E-state index in [4.69, 9.17) is 14.2 Å². The van der Waals surface area contributed by atoms with E-state index < -0.39 is 5.97 Å². The van der Waals surface area contributed by atoms with Crippen LogP contribution in [0.3, 0.4) is 0 Å². The van der Waals surface area contributed by atoms with E-state index in [1.54, 1.807) is 0 Å². The van der Waals surface area contributed by atoms with Crippen molar-refractivity contribution in [2.45, 2.75) is 12.5 Å². The number of para-hydroxylation sites is 1. The van der Waals surface area contributed by atoms with E-state index in [0.717, 1.165) is 16.7 Å². The summed E-state index contributed by atoms with van der Waals surface area (Å²) in [4.78, 5) is 12.4. The van der Waals surface area contributed by atoms with Gasteiger partial charge in [-0.1, -0.05) is 78.9 Å². The number of hydrogen-bond acceptors (Lipinski definition) is 4. The maximum Gasteiger partial charge on any atom is 0.337 e. The van der Waals surface area contributed by atoms with Gasteiger partial charge in [-0.3, -0.25) is 0 Å². The molecular formula is C26H22O4. The molecule has 3 aromatic rings. The monoisotopic (exact) mass is 398 g/mol. The van der Waals surface area contributed by atoms with Gasteiger partial charge in [-0.15, -0.1) is 0 Å². The summed E-state index contributed by atoms with van der Waals surface area (Å²) < 4.78 is 16.9. The van der Waals surface area contributed by atoms with Crippen LogP contribution < -0.4 is 4.74 Å². The number of benzene rings is 3. The van der Waals surface area contributed by atoms with E-state index in [2.05, 4.69) is 0 Å². The summed E-state index contributed by atoms with van der Waals surface area (Å²) in [7, 11) is 1.37. The molecule has 0 saturated heterocycles. The zero-order valence-corrected chi connectivity index (χ0v) is 16.7. The molecule has 4 heteroatoms. The molecule has 1 unspecified atom stereocenters. The maximum absolute atomic E-state index is 12.4. The summed E-state index contributed by atoms with van der Waals surface area (Å²) in [5.41, 5.74) is 3.31. The molecule has 0 spiro atoms. The van der Waals surface area contributed by atoms with Crippen LogP contribution in [0.15, 0.2) is 103 Å². The van der Waals surface area contributed by atoms with E-state index in [-0.39, 0.29) is 5.92 Å². The van der Waals surface area contributed by atoms with Gasteiger partial charge in [0.15, 0.2) is 0 Å². The van der Waals surface area contributed by atoms with E-state index in [0.29, 0.717) is 23.7 Å². The van der Waals surface area contributed by atoms with Crippen LogP contribution in [0.1, 0.15) is 22.6 Å². The van der Waals surface area contributed by atoms with Crippen LogP contribution in [-0.4, -0.2) is 13.1 Å². The average Bonchev–Trinajstić information content (AvgIpc) is 2.82. The second kappa shape index (κ2) is 9.14. The minimum Gasteiger partial charge on any atom is -0.489 e. The summed E-state index contributed by atoms with van der Waals surface area (Å²) >= 11 is 0. The van der Waals surface area contributed by atoms with Gasteiger partial charge in [0.25, 0.3) is 0 Å². The van der Waals surface area contributed by atoms with Gasteiger partial charge in [0.2, 0.25) is 0 Å². The Bertz CT molecular complexity index is 1070. The Hall–Kier alpha value is -3.79. The number of carbonyl (C=O) groups is 1. The van der Waals surface area contributed by atoms with Crippen LogP contribution in [0.2, 0.25) is 0 Å². The van der Waals surface area contributed by atoms with Gasteiger partial charge >= 0.3 is 5.97 Å². The molecule has 1 atom stereocenters. The molecule has 150 valence electrons. The molecule has 0 bridgehead atoms. The molecule has 1 aliphatic rings. The van der Waals surface area contributed by atoms with Gasteiger partial charge in [-0.2, -0.15) is 0 Å². The van der Waals surface area contributed by atoms with Crippen LogP contribution in [0, 0.1) is 0 Å². The van der Waals surface area contributed by atoms with Crippen molar-refractivity contribution < 1.29 is 19.0 Å². The second-order valence-electron chi connectivity index (χ2n) is 6.87. The van der Waals surface area contributed by atoms with Gasteiger partial charge in [0.05, 0.1) is 12.7 Å². The quantitative estimate of drug-likeness (QED) is 0.408. The standard InChI is InChI=1S/C26H22O4/c1-28-26(27)23-18-30-24-15-9-8-14-21(24)22(23)16-25(20-12-6-3-7-13-20)29-17-19-10-4-2-5-11-19/h2-16,18,22H,17H2,1H3/b25-16-. The molecule has 0 fully saturated rings. The smallest absolute Gasteiger partial charge is 0.337 e. The largest absolute Gasteiger partial charge is 0.489 e. The van der Waals surface area contributed by atoms with Gasteiger partial charge in [-0.05, 0) is 17.7 Å². The lowest BCUT2D eigenvalue weighted by Gasteiger charge is -2.24. The van der Waals surface area contributed by atoms with Crippen LogP contribution in [-0.2, 0) is 20.9 Å². The number of carbonyl (C=O) groups excluding carboxylic acids is 1. The summed E-state index contributed by atoms with van der Waals surface area (Å²) in [6, 6.07) is 27.5. The van der Waals surface area contributed by atoms with Crippen molar-refractivity contribution in [3.63, 3.8) is 0 Å². The van der Waals surface area contributed by atoms with Crippen molar-refractivity contribution in [1.29, 1.82) is 0 Å². The highest BCUT2D eigenvalue weighted by molar-refractivity contribution is 5.91. The summed E-state index contributed by atoms with van der Waals surface area (Å²) in [6.45, 7) is 0.420. The molecule has 4 nitrogen and oxygen atoms in total. The highest BCUT2D eigenvalue weighted by Crippen LogP contribution is 2.39. The first-order valence-corrected chi connectivity index (χ1v) is 9.74. The number of ether oxygens (including phenoxy) is 3. The molecule has 0 saturated carbocycles. The Morgan fingerprint density at radius 2 is 1.60 bits per heavy atom. The minimum atomic E-state index is -0.429. The molecule has 3 aromatic carbocycles. The Morgan fingerprint density at radius 3 is 2.33 bits per heavy atom. The van der Waals surface area contributed by atoms with Gasteiger partial charge in [0, 0.05) is 17.0 Å². The van der Waals surface area contributed by atoms with Crippen molar-refractivity contribution in [2.24, 2.45) is 0 Å². The number of allylic oxidation sites excluding steroid dienone is 1. The number of fused-ring (bicyclic) bond motifs is 1. The highest BCUT2D eigenvalue weighted by atomic mass is 16.5.